The summed E-state index contributed by atoms with van der Waals surface area (Å²) in [4.78, 5) is 10.1. The minimum Gasteiger partial charge on any atom is -0.391 e. The molecule has 1 aliphatic heterocycles. The van der Waals surface area contributed by atoms with Crippen LogP contribution in [0.5, 0.6) is 0 Å². The molecule has 5 heteroatoms. The summed E-state index contributed by atoms with van der Waals surface area (Å²) in [5.74, 6) is 0. The Balaban J connectivity index is 1.54. The minimum absolute atomic E-state index is 0.0889. The van der Waals surface area contributed by atoms with Crippen molar-refractivity contribution in [2.75, 3.05) is 31.1 Å². The van der Waals surface area contributed by atoms with Crippen LogP contribution in [0, 0.1) is 0 Å². The minimum atomic E-state index is 0.0889. The van der Waals surface area contributed by atoms with E-state index in [9.17, 15) is 0 Å². The Hall–Kier alpha value is -1.43. The van der Waals surface area contributed by atoms with E-state index >= 15 is 0 Å². The molecule has 1 N–H and O–H groups in total. The van der Waals surface area contributed by atoms with Gasteiger partial charge in [0, 0.05) is 38.9 Å². The van der Waals surface area contributed by atoms with Crippen LogP contribution in [0.25, 0.3) is 0 Å². The van der Waals surface area contributed by atoms with E-state index in [-0.39, 0.29) is 6.61 Å². The highest BCUT2D eigenvalue weighted by molar-refractivity contribution is 7.15. The first-order chi connectivity index (χ1) is 9.85. The molecule has 0 saturated carbocycles. The average molecular weight is 289 g/mol. The first kappa shape index (κ1) is 13.5. The van der Waals surface area contributed by atoms with Crippen LogP contribution in [0.15, 0.2) is 36.5 Å². The number of aromatic nitrogens is 1. The lowest BCUT2D eigenvalue weighted by molar-refractivity contribution is 0.250. The molecule has 4 nitrogen and oxygen atoms in total. The number of hydrogen-bond donors (Lipinski definition) is 1. The fraction of sp³-hybridized carbons (Fsp3) is 0.400. The van der Waals surface area contributed by atoms with Crippen molar-refractivity contribution in [3.63, 3.8) is 0 Å². The van der Waals surface area contributed by atoms with E-state index in [1.165, 1.54) is 5.56 Å². The Morgan fingerprint density at radius 1 is 1.10 bits per heavy atom. The van der Waals surface area contributed by atoms with Gasteiger partial charge in [-0.1, -0.05) is 41.7 Å². The van der Waals surface area contributed by atoms with Crippen LogP contribution in [0.1, 0.15) is 10.4 Å². The Bertz CT molecular complexity index is 535. The number of rotatable bonds is 4. The zero-order chi connectivity index (χ0) is 13.8. The van der Waals surface area contributed by atoms with E-state index in [2.05, 4.69) is 45.1 Å². The van der Waals surface area contributed by atoms with Crippen molar-refractivity contribution in [1.82, 2.24) is 9.88 Å². The second kappa shape index (κ2) is 6.35. The molecule has 0 bridgehead atoms. The first-order valence-electron chi connectivity index (χ1n) is 6.92. The van der Waals surface area contributed by atoms with Gasteiger partial charge in [-0.2, -0.15) is 0 Å². The molecular weight excluding hydrogens is 270 g/mol. The van der Waals surface area contributed by atoms with Crippen LogP contribution in [0.2, 0.25) is 0 Å². The zero-order valence-corrected chi connectivity index (χ0v) is 12.2. The summed E-state index contributed by atoms with van der Waals surface area (Å²) in [6, 6.07) is 10.6. The predicted molar refractivity (Wildman–Crippen MR) is 82.0 cm³/mol. The molecule has 106 valence electrons. The summed E-state index contributed by atoms with van der Waals surface area (Å²) < 4.78 is 0. The number of nitrogens with zero attached hydrogens (tertiary/aromatic N) is 3. The molecule has 0 atom stereocenters. The average Bonchev–Trinajstić information content (AvgIpc) is 2.98. The van der Waals surface area contributed by atoms with Crippen LogP contribution < -0.4 is 4.90 Å². The zero-order valence-electron chi connectivity index (χ0n) is 11.4. The lowest BCUT2D eigenvalue weighted by atomic mass is 10.2. The molecule has 1 saturated heterocycles. The van der Waals surface area contributed by atoms with Crippen molar-refractivity contribution in [1.29, 1.82) is 0 Å². The normalized spacial score (nSPS) is 16.6. The lowest BCUT2D eigenvalue weighted by Crippen LogP contribution is -2.45. The van der Waals surface area contributed by atoms with Gasteiger partial charge in [0.1, 0.15) is 0 Å². The van der Waals surface area contributed by atoms with E-state index in [0.717, 1.165) is 42.7 Å². The Kier molecular flexibility index (Phi) is 4.30. The summed E-state index contributed by atoms with van der Waals surface area (Å²) in [5.41, 5.74) is 1.37. The molecule has 0 aliphatic carbocycles. The van der Waals surface area contributed by atoms with Crippen LogP contribution in [-0.4, -0.2) is 41.2 Å². The first-order valence-corrected chi connectivity index (χ1v) is 7.73. The number of aliphatic hydroxyl groups excluding tert-OH is 1. The Morgan fingerprint density at radius 3 is 2.50 bits per heavy atom. The second-order valence-electron chi connectivity index (χ2n) is 5.02. The number of aliphatic hydroxyl groups is 1. The highest BCUT2D eigenvalue weighted by Gasteiger charge is 2.19. The third kappa shape index (κ3) is 3.17. The molecule has 0 amide bonds. The summed E-state index contributed by atoms with van der Waals surface area (Å²) in [6.45, 7) is 5.24. The second-order valence-corrected chi connectivity index (χ2v) is 6.11. The highest BCUT2D eigenvalue weighted by Crippen LogP contribution is 2.23. The molecular formula is C15H19N3OS. The molecule has 1 fully saturated rings. The van der Waals surface area contributed by atoms with Crippen LogP contribution in [0.4, 0.5) is 5.13 Å². The molecule has 0 radical (unpaired) electrons. The van der Waals surface area contributed by atoms with E-state index in [1.54, 1.807) is 17.5 Å². The molecule has 0 spiro atoms. The number of thiazole rings is 1. The lowest BCUT2D eigenvalue weighted by Gasteiger charge is -2.34. The largest absolute Gasteiger partial charge is 0.391 e. The molecule has 1 aromatic carbocycles. The van der Waals surface area contributed by atoms with Gasteiger partial charge in [-0.25, -0.2) is 4.98 Å². The van der Waals surface area contributed by atoms with E-state index in [4.69, 9.17) is 5.11 Å². The van der Waals surface area contributed by atoms with Crippen molar-refractivity contribution < 1.29 is 5.11 Å². The van der Waals surface area contributed by atoms with Gasteiger partial charge in [-0.05, 0) is 5.56 Å². The van der Waals surface area contributed by atoms with Gasteiger partial charge in [0.05, 0.1) is 11.5 Å². The van der Waals surface area contributed by atoms with Gasteiger partial charge >= 0.3 is 0 Å². The maximum atomic E-state index is 9.10. The van der Waals surface area contributed by atoms with Crippen molar-refractivity contribution in [2.45, 2.75) is 13.2 Å². The van der Waals surface area contributed by atoms with Crippen molar-refractivity contribution in [3.8, 4) is 0 Å². The standard InChI is InChI=1S/C15H19N3OS/c19-12-14-10-16-15(20-14)18-8-6-17(7-9-18)11-13-4-2-1-3-5-13/h1-5,10,19H,6-9,11-12H2. The van der Waals surface area contributed by atoms with Gasteiger partial charge in [0.25, 0.3) is 0 Å². The third-order valence-corrected chi connectivity index (χ3v) is 4.63. The molecule has 1 aromatic heterocycles. The van der Waals surface area contributed by atoms with Gasteiger partial charge in [-0.15, -0.1) is 0 Å². The smallest absolute Gasteiger partial charge is 0.185 e. The molecule has 2 aromatic rings. The van der Waals surface area contributed by atoms with Crippen LogP contribution in [-0.2, 0) is 13.2 Å². The van der Waals surface area contributed by atoms with Gasteiger partial charge < -0.3 is 10.0 Å². The summed E-state index contributed by atoms with van der Waals surface area (Å²) in [7, 11) is 0. The number of anilines is 1. The maximum absolute atomic E-state index is 9.10. The molecule has 2 heterocycles. The number of hydrogen-bond acceptors (Lipinski definition) is 5. The van der Waals surface area contributed by atoms with Crippen LogP contribution >= 0.6 is 11.3 Å². The molecule has 0 unspecified atom stereocenters. The van der Waals surface area contributed by atoms with E-state index < -0.39 is 0 Å². The highest BCUT2D eigenvalue weighted by atomic mass is 32.1. The van der Waals surface area contributed by atoms with Crippen LogP contribution in [0.3, 0.4) is 0 Å². The Morgan fingerprint density at radius 2 is 1.85 bits per heavy atom. The molecule has 3 rings (SSSR count). The van der Waals surface area contributed by atoms with E-state index in [1.807, 2.05) is 0 Å². The predicted octanol–water partition coefficient (Wildman–Crippen LogP) is 1.96. The number of piperazine rings is 1. The quantitative estimate of drug-likeness (QED) is 0.934. The summed E-state index contributed by atoms with van der Waals surface area (Å²) >= 11 is 1.59. The van der Waals surface area contributed by atoms with Gasteiger partial charge in [-0.3, -0.25) is 4.90 Å². The van der Waals surface area contributed by atoms with Crippen molar-refractivity contribution in [2.24, 2.45) is 0 Å². The molecule has 1 aliphatic rings. The third-order valence-electron chi connectivity index (χ3n) is 3.59. The molecule has 20 heavy (non-hydrogen) atoms. The van der Waals surface area contributed by atoms with E-state index in [0.29, 0.717) is 0 Å². The summed E-state index contributed by atoms with van der Waals surface area (Å²) in [6.07, 6.45) is 1.77. The Labute approximate surface area is 123 Å². The van der Waals surface area contributed by atoms with Crippen molar-refractivity contribution in [3.05, 3.63) is 47.0 Å². The fourth-order valence-corrected chi connectivity index (χ4v) is 3.28. The number of benzene rings is 1. The summed E-state index contributed by atoms with van der Waals surface area (Å²) in [5, 5.41) is 10.1. The van der Waals surface area contributed by atoms with Crippen molar-refractivity contribution >= 4 is 16.5 Å². The maximum Gasteiger partial charge on any atom is 0.185 e. The van der Waals surface area contributed by atoms with Gasteiger partial charge in [0.2, 0.25) is 0 Å². The van der Waals surface area contributed by atoms with Gasteiger partial charge in [0.15, 0.2) is 5.13 Å². The SMILES string of the molecule is OCc1cnc(N2CCN(Cc3ccccc3)CC2)s1. The monoisotopic (exact) mass is 289 g/mol. The fourth-order valence-electron chi connectivity index (χ4n) is 2.46. The topological polar surface area (TPSA) is 39.6 Å².